The normalized spacial score (nSPS) is 10.3. The molecule has 27 heavy (non-hydrogen) atoms. The van der Waals surface area contributed by atoms with Gasteiger partial charge in [-0.3, -0.25) is 19.7 Å². The Morgan fingerprint density at radius 3 is 2.26 bits per heavy atom. The summed E-state index contributed by atoms with van der Waals surface area (Å²) in [6, 6.07) is 13.8. The molecule has 1 heterocycles. The van der Waals surface area contributed by atoms with E-state index in [4.69, 9.17) is 11.6 Å². The fourth-order valence-corrected chi connectivity index (χ4v) is 3.04. The summed E-state index contributed by atoms with van der Waals surface area (Å²) in [6.45, 7) is 0. The van der Waals surface area contributed by atoms with Gasteiger partial charge in [0.1, 0.15) is 5.02 Å². The van der Waals surface area contributed by atoms with Gasteiger partial charge in [0.15, 0.2) is 0 Å². The maximum absolute atomic E-state index is 12.3. The van der Waals surface area contributed by atoms with Gasteiger partial charge in [0, 0.05) is 23.0 Å². The van der Waals surface area contributed by atoms with Crippen molar-refractivity contribution in [2.24, 2.45) is 0 Å². The zero-order valence-electron chi connectivity index (χ0n) is 13.6. The molecule has 0 spiro atoms. The largest absolute Gasteiger partial charge is 0.322 e. The van der Waals surface area contributed by atoms with Crippen LogP contribution >= 0.6 is 22.9 Å². The number of halogens is 1. The maximum atomic E-state index is 12.3. The van der Waals surface area contributed by atoms with Gasteiger partial charge in [-0.15, -0.1) is 11.3 Å². The van der Waals surface area contributed by atoms with Gasteiger partial charge in [-0.25, -0.2) is 0 Å². The van der Waals surface area contributed by atoms with Gasteiger partial charge in [0.25, 0.3) is 17.5 Å². The molecule has 0 saturated carbocycles. The molecule has 0 unspecified atom stereocenters. The van der Waals surface area contributed by atoms with E-state index in [1.807, 2.05) is 5.38 Å². The van der Waals surface area contributed by atoms with E-state index >= 15 is 0 Å². The number of nitrogens with one attached hydrogen (secondary N) is 2. The number of thiophene rings is 1. The highest BCUT2D eigenvalue weighted by molar-refractivity contribution is 7.12. The van der Waals surface area contributed by atoms with Gasteiger partial charge >= 0.3 is 0 Å². The lowest BCUT2D eigenvalue weighted by atomic mass is 10.2. The highest BCUT2D eigenvalue weighted by atomic mass is 35.5. The summed E-state index contributed by atoms with van der Waals surface area (Å²) in [5.41, 5.74) is 0.848. The molecule has 2 N–H and O–H groups in total. The zero-order chi connectivity index (χ0) is 19.4. The Kier molecular flexibility index (Phi) is 5.49. The molecule has 3 rings (SSSR count). The lowest BCUT2D eigenvalue weighted by molar-refractivity contribution is -0.384. The number of rotatable bonds is 5. The maximum Gasteiger partial charge on any atom is 0.289 e. The monoisotopic (exact) mass is 401 g/mol. The van der Waals surface area contributed by atoms with Crippen LogP contribution in [0.4, 0.5) is 17.1 Å². The fourth-order valence-electron chi connectivity index (χ4n) is 2.24. The molecule has 1 aromatic heterocycles. The van der Waals surface area contributed by atoms with Crippen LogP contribution in [-0.4, -0.2) is 16.7 Å². The van der Waals surface area contributed by atoms with Crippen molar-refractivity contribution in [1.82, 2.24) is 0 Å². The molecule has 3 aromatic rings. The molecule has 7 nitrogen and oxygen atoms in total. The predicted octanol–water partition coefficient (Wildman–Crippen LogP) is 4.81. The van der Waals surface area contributed by atoms with Crippen LogP contribution in [-0.2, 0) is 0 Å². The van der Waals surface area contributed by atoms with E-state index in [9.17, 15) is 19.7 Å². The smallest absolute Gasteiger partial charge is 0.289 e. The molecule has 0 radical (unpaired) electrons. The molecule has 2 aromatic carbocycles. The van der Waals surface area contributed by atoms with Gasteiger partial charge < -0.3 is 10.6 Å². The van der Waals surface area contributed by atoms with Crippen LogP contribution in [0, 0.1) is 10.1 Å². The average molecular weight is 402 g/mol. The number of nitrogens with zero attached hydrogens (tertiary/aromatic N) is 1. The first-order valence-corrected chi connectivity index (χ1v) is 8.90. The van der Waals surface area contributed by atoms with Crippen LogP contribution in [0.3, 0.4) is 0 Å². The van der Waals surface area contributed by atoms with Gasteiger partial charge in [0.2, 0.25) is 0 Å². The van der Waals surface area contributed by atoms with Gasteiger partial charge in [-0.1, -0.05) is 17.7 Å². The molecule has 0 bridgehead atoms. The van der Waals surface area contributed by atoms with E-state index in [1.54, 1.807) is 36.4 Å². The van der Waals surface area contributed by atoms with Crippen molar-refractivity contribution < 1.29 is 14.5 Å². The molecule has 0 aliphatic heterocycles. The van der Waals surface area contributed by atoms with E-state index in [0.29, 0.717) is 16.1 Å². The minimum absolute atomic E-state index is 0.0103. The Morgan fingerprint density at radius 2 is 1.63 bits per heavy atom. The topological polar surface area (TPSA) is 101 Å². The molecule has 0 saturated heterocycles. The van der Waals surface area contributed by atoms with Crippen molar-refractivity contribution in [3.63, 3.8) is 0 Å². The summed E-state index contributed by atoms with van der Waals surface area (Å²) in [6.07, 6.45) is 0. The Hall–Kier alpha value is -3.23. The standard InChI is InChI=1S/C18H12ClN3O4S/c19-14-8-7-13(10-15(14)22(25)26)21-17(23)11-3-5-12(6-4-11)20-18(24)16-2-1-9-27-16/h1-10H,(H,20,24)(H,21,23). The first-order valence-electron chi connectivity index (χ1n) is 7.64. The van der Waals surface area contributed by atoms with Gasteiger partial charge in [-0.2, -0.15) is 0 Å². The first-order chi connectivity index (χ1) is 12.9. The molecule has 0 aliphatic carbocycles. The van der Waals surface area contributed by atoms with E-state index in [1.165, 1.54) is 29.5 Å². The predicted molar refractivity (Wildman–Crippen MR) is 105 cm³/mol. The summed E-state index contributed by atoms with van der Waals surface area (Å²) >= 11 is 7.08. The molecule has 2 amide bonds. The lowest BCUT2D eigenvalue weighted by Crippen LogP contribution is -2.13. The molecule has 0 atom stereocenters. The minimum Gasteiger partial charge on any atom is -0.322 e. The summed E-state index contributed by atoms with van der Waals surface area (Å²) in [7, 11) is 0. The summed E-state index contributed by atoms with van der Waals surface area (Å²) in [4.78, 5) is 35.2. The number of benzene rings is 2. The molecule has 9 heteroatoms. The Balaban J connectivity index is 1.68. The summed E-state index contributed by atoms with van der Waals surface area (Å²) in [5, 5.41) is 18.0. The van der Waals surface area contributed by atoms with E-state index in [0.717, 1.165) is 0 Å². The highest BCUT2D eigenvalue weighted by Gasteiger charge is 2.15. The Bertz CT molecular complexity index is 1000. The van der Waals surface area contributed by atoms with Gasteiger partial charge in [-0.05, 0) is 47.8 Å². The van der Waals surface area contributed by atoms with Crippen LogP contribution in [0.5, 0.6) is 0 Å². The molecule has 136 valence electrons. The SMILES string of the molecule is O=C(Nc1ccc(Cl)c([N+](=O)[O-])c1)c1ccc(NC(=O)c2cccs2)cc1. The van der Waals surface area contributed by atoms with Crippen LogP contribution in [0.1, 0.15) is 20.0 Å². The van der Waals surface area contributed by atoms with Crippen molar-refractivity contribution in [2.75, 3.05) is 10.6 Å². The van der Waals surface area contributed by atoms with Crippen LogP contribution in [0.2, 0.25) is 5.02 Å². The van der Waals surface area contributed by atoms with E-state index in [-0.39, 0.29) is 22.3 Å². The number of anilines is 2. The molecular weight excluding hydrogens is 390 g/mol. The second-order valence-corrected chi connectivity index (χ2v) is 6.74. The van der Waals surface area contributed by atoms with Crippen molar-refractivity contribution >= 4 is 51.8 Å². The number of nitro groups is 1. The second-order valence-electron chi connectivity index (χ2n) is 5.39. The molecular formula is C18H12ClN3O4S. The number of amides is 2. The van der Waals surface area contributed by atoms with Crippen LogP contribution in [0.15, 0.2) is 60.0 Å². The number of carbonyl (C=O) groups is 2. The van der Waals surface area contributed by atoms with Crippen molar-refractivity contribution in [1.29, 1.82) is 0 Å². The third-order valence-electron chi connectivity index (χ3n) is 3.55. The summed E-state index contributed by atoms with van der Waals surface area (Å²) < 4.78 is 0. The van der Waals surface area contributed by atoms with Crippen molar-refractivity contribution in [3.05, 3.63) is 85.6 Å². The Labute approximate surface area is 162 Å². The third-order valence-corrected chi connectivity index (χ3v) is 4.74. The average Bonchev–Trinajstić information content (AvgIpc) is 3.18. The lowest BCUT2D eigenvalue weighted by Gasteiger charge is -2.07. The number of hydrogen-bond acceptors (Lipinski definition) is 5. The van der Waals surface area contributed by atoms with E-state index in [2.05, 4.69) is 10.6 Å². The highest BCUT2D eigenvalue weighted by Crippen LogP contribution is 2.27. The minimum atomic E-state index is -0.622. The van der Waals surface area contributed by atoms with Crippen molar-refractivity contribution in [3.8, 4) is 0 Å². The fraction of sp³-hybridized carbons (Fsp3) is 0. The summed E-state index contributed by atoms with van der Waals surface area (Å²) in [5.74, 6) is -0.668. The number of nitro benzene ring substituents is 1. The Morgan fingerprint density at radius 1 is 0.963 bits per heavy atom. The van der Waals surface area contributed by atoms with E-state index < -0.39 is 10.8 Å². The quantitative estimate of drug-likeness (QED) is 0.473. The number of carbonyl (C=O) groups excluding carboxylic acids is 2. The number of hydrogen-bond donors (Lipinski definition) is 2. The van der Waals surface area contributed by atoms with Crippen LogP contribution < -0.4 is 10.6 Å². The first kappa shape index (κ1) is 18.6. The third kappa shape index (κ3) is 4.49. The molecule has 0 aliphatic rings. The van der Waals surface area contributed by atoms with Crippen molar-refractivity contribution in [2.45, 2.75) is 0 Å². The van der Waals surface area contributed by atoms with Crippen LogP contribution in [0.25, 0.3) is 0 Å². The van der Waals surface area contributed by atoms with Gasteiger partial charge in [0.05, 0.1) is 9.80 Å². The molecule has 0 fully saturated rings. The second kappa shape index (κ2) is 7.98. The zero-order valence-corrected chi connectivity index (χ0v) is 15.2.